The van der Waals surface area contributed by atoms with Crippen molar-refractivity contribution in [1.29, 1.82) is 0 Å². The zero-order chi connectivity index (χ0) is 18.6. The number of anilines is 2. The number of piperidine rings is 1. The van der Waals surface area contributed by atoms with E-state index in [1.807, 2.05) is 25.5 Å². The minimum Gasteiger partial charge on any atom is -0.378 e. The van der Waals surface area contributed by atoms with Crippen molar-refractivity contribution in [2.75, 3.05) is 56.2 Å². The molecule has 0 saturated carbocycles. The molecule has 4 heterocycles. The predicted molar refractivity (Wildman–Crippen MR) is 103 cm³/mol. The van der Waals surface area contributed by atoms with Crippen LogP contribution in [0.3, 0.4) is 0 Å². The molecular formula is C18H28N8O. The van der Waals surface area contributed by atoms with Crippen molar-refractivity contribution in [2.45, 2.75) is 25.4 Å². The van der Waals surface area contributed by atoms with Crippen LogP contribution in [0.15, 0.2) is 18.5 Å². The Kier molecular flexibility index (Phi) is 5.49. The van der Waals surface area contributed by atoms with E-state index < -0.39 is 0 Å². The van der Waals surface area contributed by atoms with Gasteiger partial charge in [-0.3, -0.25) is 9.58 Å². The zero-order valence-corrected chi connectivity index (χ0v) is 16.2. The Balaban J connectivity index is 1.41. The molecule has 2 fully saturated rings. The van der Waals surface area contributed by atoms with Crippen LogP contribution in [0.25, 0.3) is 0 Å². The predicted octanol–water partition coefficient (Wildman–Crippen LogP) is 0.543. The number of rotatable bonds is 5. The van der Waals surface area contributed by atoms with Crippen LogP contribution >= 0.6 is 0 Å². The van der Waals surface area contributed by atoms with E-state index in [1.165, 1.54) is 6.42 Å². The highest BCUT2D eigenvalue weighted by Crippen LogP contribution is 2.22. The van der Waals surface area contributed by atoms with Gasteiger partial charge in [-0.25, -0.2) is 4.98 Å². The van der Waals surface area contributed by atoms with Crippen LogP contribution in [0.2, 0.25) is 0 Å². The molecule has 146 valence electrons. The van der Waals surface area contributed by atoms with Gasteiger partial charge in [-0.15, -0.1) is 5.10 Å². The van der Waals surface area contributed by atoms with Gasteiger partial charge in [-0.05, 0) is 25.5 Å². The van der Waals surface area contributed by atoms with Crippen molar-refractivity contribution in [3.8, 4) is 0 Å². The fraction of sp³-hybridized carbons (Fsp3) is 0.667. The molecule has 2 saturated heterocycles. The highest BCUT2D eigenvalue weighted by Gasteiger charge is 2.26. The van der Waals surface area contributed by atoms with Crippen LogP contribution in [-0.4, -0.2) is 82.3 Å². The third-order valence-corrected chi connectivity index (χ3v) is 5.34. The summed E-state index contributed by atoms with van der Waals surface area (Å²) in [6.07, 6.45) is 6.17. The fourth-order valence-electron chi connectivity index (χ4n) is 3.83. The Morgan fingerprint density at radius 3 is 2.89 bits per heavy atom. The molecule has 0 radical (unpaired) electrons. The first kappa shape index (κ1) is 18.1. The normalized spacial score (nSPS) is 21.4. The second kappa shape index (κ2) is 8.18. The van der Waals surface area contributed by atoms with Gasteiger partial charge < -0.3 is 14.5 Å². The fourth-order valence-corrected chi connectivity index (χ4v) is 3.83. The second-order valence-electron chi connectivity index (χ2n) is 7.34. The molecule has 9 nitrogen and oxygen atoms in total. The van der Waals surface area contributed by atoms with Crippen LogP contribution in [-0.2, 0) is 18.3 Å². The molecule has 1 unspecified atom stereocenters. The maximum Gasteiger partial charge on any atom is 0.227 e. The first-order chi connectivity index (χ1) is 13.2. The molecule has 2 aliphatic rings. The van der Waals surface area contributed by atoms with Crippen LogP contribution < -0.4 is 9.80 Å². The highest BCUT2D eigenvalue weighted by molar-refractivity contribution is 5.44. The number of likely N-dealkylation sites (N-methyl/N-ethyl adjacent to an activating group) is 1. The summed E-state index contributed by atoms with van der Waals surface area (Å²) in [4.78, 5) is 16.3. The summed E-state index contributed by atoms with van der Waals surface area (Å²) in [5, 5.41) is 8.25. The quantitative estimate of drug-likeness (QED) is 0.753. The summed E-state index contributed by atoms with van der Waals surface area (Å²) >= 11 is 0. The summed E-state index contributed by atoms with van der Waals surface area (Å²) < 4.78 is 7.20. The number of nitrogens with zero attached hydrogens (tertiary/aromatic N) is 8. The van der Waals surface area contributed by atoms with Crippen molar-refractivity contribution in [3.05, 3.63) is 24.2 Å². The van der Waals surface area contributed by atoms with Crippen molar-refractivity contribution < 1.29 is 4.74 Å². The summed E-state index contributed by atoms with van der Waals surface area (Å²) in [5.74, 6) is 1.78. The largest absolute Gasteiger partial charge is 0.378 e. The molecule has 0 amide bonds. The monoisotopic (exact) mass is 372 g/mol. The van der Waals surface area contributed by atoms with Crippen molar-refractivity contribution >= 4 is 11.8 Å². The van der Waals surface area contributed by atoms with E-state index in [9.17, 15) is 0 Å². The Bertz CT molecular complexity index is 744. The molecule has 0 bridgehead atoms. The van der Waals surface area contributed by atoms with E-state index in [1.54, 1.807) is 4.68 Å². The third kappa shape index (κ3) is 4.36. The molecule has 0 spiro atoms. The maximum absolute atomic E-state index is 5.44. The van der Waals surface area contributed by atoms with E-state index in [2.05, 4.69) is 37.0 Å². The second-order valence-corrected chi connectivity index (χ2v) is 7.34. The van der Waals surface area contributed by atoms with Crippen LogP contribution in [0.4, 0.5) is 11.8 Å². The van der Waals surface area contributed by atoms with Gasteiger partial charge in [-0.2, -0.15) is 4.98 Å². The van der Waals surface area contributed by atoms with Crippen molar-refractivity contribution in [3.63, 3.8) is 0 Å². The Labute approximate surface area is 159 Å². The number of morpholine rings is 1. The van der Waals surface area contributed by atoms with E-state index in [0.717, 1.165) is 69.8 Å². The number of aromatic nitrogens is 5. The Morgan fingerprint density at radius 1 is 1.26 bits per heavy atom. The molecule has 27 heavy (non-hydrogen) atoms. The van der Waals surface area contributed by atoms with E-state index in [-0.39, 0.29) is 0 Å². The third-order valence-electron chi connectivity index (χ3n) is 5.34. The smallest absolute Gasteiger partial charge is 0.227 e. The number of aryl methyl sites for hydroxylation is 1. The van der Waals surface area contributed by atoms with Gasteiger partial charge in [0.15, 0.2) is 0 Å². The molecule has 2 aliphatic heterocycles. The van der Waals surface area contributed by atoms with Gasteiger partial charge in [0.25, 0.3) is 0 Å². The summed E-state index contributed by atoms with van der Waals surface area (Å²) in [7, 11) is 4.01. The Morgan fingerprint density at radius 2 is 2.11 bits per heavy atom. The summed E-state index contributed by atoms with van der Waals surface area (Å²) in [6, 6.07) is 2.39. The molecule has 9 heteroatoms. The highest BCUT2D eigenvalue weighted by atomic mass is 16.5. The van der Waals surface area contributed by atoms with Gasteiger partial charge in [0.2, 0.25) is 5.95 Å². The number of likely N-dealkylation sites (tertiary alicyclic amines) is 1. The van der Waals surface area contributed by atoms with Gasteiger partial charge >= 0.3 is 0 Å². The Hall–Kier alpha value is -2.26. The number of hydrogen-bond donors (Lipinski definition) is 0. The van der Waals surface area contributed by atoms with Gasteiger partial charge in [-0.1, -0.05) is 5.21 Å². The van der Waals surface area contributed by atoms with E-state index in [4.69, 9.17) is 9.72 Å². The zero-order valence-electron chi connectivity index (χ0n) is 16.2. The molecule has 2 aromatic rings. The SMILES string of the molecule is CN(c1nccc(N2CCOCC2)n1)C1CCCN(Cc2cn(C)nn2)C1. The van der Waals surface area contributed by atoms with E-state index >= 15 is 0 Å². The maximum atomic E-state index is 5.44. The number of ether oxygens (including phenoxy) is 1. The molecule has 4 rings (SSSR count). The van der Waals surface area contributed by atoms with Gasteiger partial charge in [0, 0.05) is 58.7 Å². The van der Waals surface area contributed by atoms with Crippen molar-refractivity contribution in [2.24, 2.45) is 7.05 Å². The molecule has 2 aromatic heterocycles. The first-order valence-electron chi connectivity index (χ1n) is 9.65. The van der Waals surface area contributed by atoms with Crippen molar-refractivity contribution in [1.82, 2.24) is 29.9 Å². The summed E-state index contributed by atoms with van der Waals surface area (Å²) in [6.45, 7) is 6.20. The average Bonchev–Trinajstić information content (AvgIpc) is 3.13. The lowest BCUT2D eigenvalue weighted by molar-refractivity contribution is 0.122. The molecule has 1 atom stereocenters. The standard InChI is InChI=1S/C18H28N8O/c1-23-12-15(21-22-23)13-25-7-3-4-16(14-25)24(2)18-19-6-5-17(20-18)26-8-10-27-11-9-26/h5-6,12,16H,3-4,7-11,13-14H2,1-2H3. The van der Waals surface area contributed by atoms with Gasteiger partial charge in [0.1, 0.15) is 5.82 Å². The lowest BCUT2D eigenvalue weighted by atomic mass is 10.0. The molecule has 0 aromatic carbocycles. The lowest BCUT2D eigenvalue weighted by Crippen LogP contribution is -2.47. The average molecular weight is 372 g/mol. The molecular weight excluding hydrogens is 344 g/mol. The lowest BCUT2D eigenvalue weighted by Gasteiger charge is -2.37. The van der Waals surface area contributed by atoms with Gasteiger partial charge in [0.05, 0.1) is 18.9 Å². The van der Waals surface area contributed by atoms with Crippen LogP contribution in [0, 0.1) is 0 Å². The topological polar surface area (TPSA) is 75.4 Å². The van der Waals surface area contributed by atoms with Crippen LogP contribution in [0.1, 0.15) is 18.5 Å². The number of hydrogen-bond acceptors (Lipinski definition) is 8. The first-order valence-corrected chi connectivity index (χ1v) is 9.65. The molecule has 0 aliphatic carbocycles. The minimum atomic E-state index is 0.398. The minimum absolute atomic E-state index is 0.398. The summed E-state index contributed by atoms with van der Waals surface area (Å²) in [5.41, 5.74) is 1.02. The van der Waals surface area contributed by atoms with E-state index in [0.29, 0.717) is 6.04 Å². The van der Waals surface area contributed by atoms with Crippen LogP contribution in [0.5, 0.6) is 0 Å². The molecule has 0 N–H and O–H groups in total.